The summed E-state index contributed by atoms with van der Waals surface area (Å²) in [5.74, 6) is 0. The van der Waals surface area contributed by atoms with Crippen LogP contribution in [-0.4, -0.2) is 37.1 Å². The fourth-order valence-electron chi connectivity index (χ4n) is 2.14. The number of hydrogen-bond acceptors (Lipinski definition) is 3. The normalized spacial score (nSPS) is 26.8. The monoisotopic (exact) mass is 185 g/mol. The first kappa shape index (κ1) is 11.0. The average Bonchev–Trinajstić information content (AvgIpc) is 2.10. The second kappa shape index (κ2) is 6.35. The van der Waals surface area contributed by atoms with Crippen molar-refractivity contribution in [3.05, 3.63) is 0 Å². The van der Waals surface area contributed by atoms with E-state index in [9.17, 15) is 0 Å². The van der Waals surface area contributed by atoms with E-state index >= 15 is 0 Å². The second-order valence-corrected chi connectivity index (χ2v) is 3.92. The highest BCUT2D eigenvalue weighted by molar-refractivity contribution is 4.75. The van der Waals surface area contributed by atoms with E-state index in [2.05, 4.69) is 4.90 Å². The van der Waals surface area contributed by atoms with Crippen LogP contribution in [0.3, 0.4) is 0 Å². The summed E-state index contributed by atoms with van der Waals surface area (Å²) < 4.78 is 0. The summed E-state index contributed by atoms with van der Waals surface area (Å²) in [4.78, 5) is 2.47. The van der Waals surface area contributed by atoms with E-state index in [1.807, 2.05) is 0 Å². The lowest BCUT2D eigenvalue weighted by Crippen LogP contribution is -2.44. The lowest BCUT2D eigenvalue weighted by molar-refractivity contribution is 0.177. The number of hydrogen-bond donors (Lipinski definition) is 2. The van der Waals surface area contributed by atoms with Gasteiger partial charge in [-0.2, -0.15) is 0 Å². The van der Waals surface area contributed by atoms with Gasteiger partial charge in [0.15, 0.2) is 0 Å². The summed E-state index contributed by atoms with van der Waals surface area (Å²) >= 11 is 0. The maximum atomic E-state index is 5.76. The van der Waals surface area contributed by atoms with Gasteiger partial charge in [-0.1, -0.05) is 19.3 Å². The van der Waals surface area contributed by atoms with E-state index in [4.69, 9.17) is 11.5 Å². The minimum Gasteiger partial charge on any atom is -0.329 e. The van der Waals surface area contributed by atoms with Crippen LogP contribution < -0.4 is 11.5 Å². The third kappa shape index (κ3) is 3.63. The Bertz CT molecular complexity index is 127. The number of rotatable bonds is 3. The molecule has 0 radical (unpaired) electrons. The van der Waals surface area contributed by atoms with Gasteiger partial charge in [-0.05, 0) is 19.4 Å². The summed E-state index contributed by atoms with van der Waals surface area (Å²) in [6.45, 7) is 3.76. The predicted molar refractivity (Wildman–Crippen MR) is 56.6 cm³/mol. The molecule has 1 saturated heterocycles. The van der Waals surface area contributed by atoms with E-state index in [1.165, 1.54) is 38.6 Å². The highest BCUT2D eigenvalue weighted by Gasteiger charge is 2.17. The lowest BCUT2D eigenvalue weighted by atomic mass is 10.0. The van der Waals surface area contributed by atoms with Crippen LogP contribution in [0.25, 0.3) is 0 Å². The molecule has 1 atom stereocenters. The standard InChI is InChI=1S/C10H23N3/c11-6-8-13-7-4-2-1-3-5-10(13)9-12/h10H,1-9,11-12H2. The molecular weight excluding hydrogens is 162 g/mol. The zero-order valence-electron chi connectivity index (χ0n) is 8.54. The Balaban J connectivity index is 2.40. The molecule has 1 aliphatic rings. The van der Waals surface area contributed by atoms with Crippen molar-refractivity contribution < 1.29 is 0 Å². The smallest absolute Gasteiger partial charge is 0.0218 e. The van der Waals surface area contributed by atoms with E-state index < -0.39 is 0 Å². The molecule has 1 fully saturated rings. The van der Waals surface area contributed by atoms with Crippen molar-refractivity contribution in [3.8, 4) is 0 Å². The van der Waals surface area contributed by atoms with Crippen molar-refractivity contribution in [2.45, 2.75) is 38.1 Å². The quantitative estimate of drug-likeness (QED) is 0.674. The minimum atomic E-state index is 0.587. The molecule has 0 bridgehead atoms. The van der Waals surface area contributed by atoms with Gasteiger partial charge in [-0.3, -0.25) is 4.90 Å². The van der Waals surface area contributed by atoms with Crippen LogP contribution in [-0.2, 0) is 0 Å². The van der Waals surface area contributed by atoms with E-state index in [0.717, 1.165) is 19.6 Å². The molecule has 0 saturated carbocycles. The molecule has 13 heavy (non-hydrogen) atoms. The highest BCUT2D eigenvalue weighted by Crippen LogP contribution is 2.15. The van der Waals surface area contributed by atoms with Crippen molar-refractivity contribution in [2.24, 2.45) is 11.5 Å². The molecule has 0 aromatic carbocycles. The lowest BCUT2D eigenvalue weighted by Gasteiger charge is -2.32. The summed E-state index contributed by atoms with van der Waals surface area (Å²) in [6.07, 6.45) is 6.67. The Labute approximate surface area is 81.5 Å². The maximum absolute atomic E-state index is 5.76. The molecule has 1 rings (SSSR count). The van der Waals surface area contributed by atoms with Gasteiger partial charge in [-0.15, -0.1) is 0 Å². The van der Waals surface area contributed by atoms with Gasteiger partial charge in [-0.25, -0.2) is 0 Å². The van der Waals surface area contributed by atoms with Gasteiger partial charge in [0.25, 0.3) is 0 Å². The molecule has 1 unspecified atom stereocenters. The molecule has 0 spiro atoms. The number of likely N-dealkylation sites (tertiary alicyclic amines) is 1. The van der Waals surface area contributed by atoms with E-state index in [-0.39, 0.29) is 0 Å². The molecule has 3 heteroatoms. The first-order valence-corrected chi connectivity index (χ1v) is 5.52. The van der Waals surface area contributed by atoms with Crippen LogP contribution in [0.15, 0.2) is 0 Å². The topological polar surface area (TPSA) is 55.3 Å². The SMILES string of the molecule is NCCN1CCCCCCC1CN. The second-order valence-electron chi connectivity index (χ2n) is 3.92. The summed E-state index contributed by atoms with van der Waals surface area (Å²) in [5.41, 5.74) is 11.3. The Morgan fingerprint density at radius 2 is 1.85 bits per heavy atom. The third-order valence-electron chi connectivity index (χ3n) is 2.94. The third-order valence-corrected chi connectivity index (χ3v) is 2.94. The average molecular weight is 185 g/mol. The summed E-state index contributed by atoms with van der Waals surface area (Å²) in [5, 5.41) is 0. The van der Waals surface area contributed by atoms with Crippen LogP contribution in [0, 0.1) is 0 Å². The van der Waals surface area contributed by atoms with Crippen molar-refractivity contribution in [1.82, 2.24) is 4.90 Å². The van der Waals surface area contributed by atoms with Gasteiger partial charge in [0.2, 0.25) is 0 Å². The number of nitrogens with zero attached hydrogens (tertiary/aromatic N) is 1. The molecule has 0 aromatic heterocycles. The largest absolute Gasteiger partial charge is 0.329 e. The Hall–Kier alpha value is -0.120. The molecule has 4 N–H and O–H groups in total. The first-order chi connectivity index (χ1) is 6.38. The van der Waals surface area contributed by atoms with Gasteiger partial charge in [0, 0.05) is 25.7 Å². The Kier molecular flexibility index (Phi) is 5.35. The highest BCUT2D eigenvalue weighted by atomic mass is 15.2. The van der Waals surface area contributed by atoms with Crippen LogP contribution >= 0.6 is 0 Å². The molecule has 1 aliphatic heterocycles. The van der Waals surface area contributed by atoms with Crippen molar-refractivity contribution in [1.29, 1.82) is 0 Å². The number of nitrogens with two attached hydrogens (primary N) is 2. The Morgan fingerprint density at radius 3 is 2.54 bits per heavy atom. The van der Waals surface area contributed by atoms with Gasteiger partial charge >= 0.3 is 0 Å². The maximum Gasteiger partial charge on any atom is 0.0218 e. The zero-order chi connectivity index (χ0) is 9.52. The summed E-state index contributed by atoms with van der Waals surface area (Å²) in [7, 11) is 0. The van der Waals surface area contributed by atoms with Gasteiger partial charge < -0.3 is 11.5 Å². The molecule has 0 aliphatic carbocycles. The predicted octanol–water partition coefficient (Wildman–Crippen LogP) is 0.538. The van der Waals surface area contributed by atoms with Gasteiger partial charge in [0.05, 0.1) is 0 Å². The molecule has 78 valence electrons. The van der Waals surface area contributed by atoms with Gasteiger partial charge in [0.1, 0.15) is 0 Å². The molecule has 0 amide bonds. The van der Waals surface area contributed by atoms with Crippen LogP contribution in [0.2, 0.25) is 0 Å². The first-order valence-electron chi connectivity index (χ1n) is 5.52. The zero-order valence-corrected chi connectivity index (χ0v) is 8.54. The molecule has 1 heterocycles. The van der Waals surface area contributed by atoms with Crippen molar-refractivity contribution in [2.75, 3.05) is 26.2 Å². The fraction of sp³-hybridized carbons (Fsp3) is 1.00. The Morgan fingerprint density at radius 1 is 1.08 bits per heavy atom. The minimum absolute atomic E-state index is 0.587. The fourth-order valence-corrected chi connectivity index (χ4v) is 2.14. The van der Waals surface area contributed by atoms with Crippen LogP contribution in [0.1, 0.15) is 32.1 Å². The van der Waals surface area contributed by atoms with Crippen molar-refractivity contribution >= 4 is 0 Å². The van der Waals surface area contributed by atoms with E-state index in [0.29, 0.717) is 6.04 Å². The van der Waals surface area contributed by atoms with E-state index in [1.54, 1.807) is 0 Å². The molecular formula is C10H23N3. The van der Waals surface area contributed by atoms with Crippen LogP contribution in [0.4, 0.5) is 0 Å². The molecule has 3 nitrogen and oxygen atoms in total. The van der Waals surface area contributed by atoms with Crippen LogP contribution in [0.5, 0.6) is 0 Å². The van der Waals surface area contributed by atoms with Crippen molar-refractivity contribution in [3.63, 3.8) is 0 Å². The summed E-state index contributed by atoms with van der Waals surface area (Å²) in [6, 6.07) is 0.587. The molecule has 0 aromatic rings.